The van der Waals surface area contributed by atoms with Gasteiger partial charge in [-0.15, -0.1) is 5.10 Å². The van der Waals surface area contributed by atoms with Crippen molar-refractivity contribution in [1.82, 2.24) is 24.9 Å². The van der Waals surface area contributed by atoms with Crippen LogP contribution >= 0.6 is 0 Å². The van der Waals surface area contributed by atoms with E-state index >= 15 is 0 Å². The minimum atomic E-state index is -0.813. The first kappa shape index (κ1) is 27.4. The molecule has 4 aromatic rings. The van der Waals surface area contributed by atoms with E-state index in [4.69, 9.17) is 9.47 Å². The molecule has 0 bridgehead atoms. The van der Waals surface area contributed by atoms with Crippen LogP contribution in [0.2, 0.25) is 0 Å². The number of ether oxygens (including phenoxy) is 2. The molecule has 0 fully saturated rings. The molecule has 3 atom stereocenters. The van der Waals surface area contributed by atoms with Gasteiger partial charge in [-0.1, -0.05) is 36.4 Å². The Bertz CT molecular complexity index is 1610. The highest BCUT2D eigenvalue weighted by molar-refractivity contribution is 5.82. The van der Waals surface area contributed by atoms with E-state index < -0.39 is 5.41 Å². The van der Waals surface area contributed by atoms with Crippen molar-refractivity contribution in [1.29, 1.82) is 0 Å². The summed E-state index contributed by atoms with van der Waals surface area (Å²) in [6.07, 6.45) is 6.90. The molecule has 1 aliphatic carbocycles. The number of methoxy groups -OCH3 is 1. The van der Waals surface area contributed by atoms with E-state index in [1.165, 1.54) is 18.2 Å². The lowest BCUT2D eigenvalue weighted by Gasteiger charge is -2.35. The van der Waals surface area contributed by atoms with Crippen molar-refractivity contribution in [2.24, 2.45) is 12.5 Å². The van der Waals surface area contributed by atoms with E-state index in [-0.39, 0.29) is 24.0 Å². The van der Waals surface area contributed by atoms with Crippen LogP contribution in [0.1, 0.15) is 79.0 Å². The zero-order chi connectivity index (χ0) is 28.9. The monoisotopic (exact) mass is 553 g/mol. The molecule has 8 heteroatoms. The van der Waals surface area contributed by atoms with E-state index in [0.29, 0.717) is 0 Å². The number of carbonyl (C=O) groups excluding carboxylic acids is 1. The van der Waals surface area contributed by atoms with E-state index in [2.05, 4.69) is 64.4 Å². The molecule has 2 aromatic carbocycles. The molecule has 0 saturated heterocycles. The van der Waals surface area contributed by atoms with Crippen molar-refractivity contribution >= 4 is 17.0 Å². The largest absolute Gasteiger partial charge is 0.489 e. The Hall–Kier alpha value is -3.78. The molecular weight excluding hydrogens is 514 g/mol. The lowest BCUT2D eigenvalue weighted by atomic mass is 9.69. The molecule has 1 aliphatic heterocycles. The molecule has 0 unspecified atom stereocenters. The Morgan fingerprint density at radius 2 is 2.02 bits per heavy atom. The van der Waals surface area contributed by atoms with Gasteiger partial charge < -0.3 is 9.47 Å². The normalized spacial score (nSPS) is 19.8. The van der Waals surface area contributed by atoms with Crippen LogP contribution in [0, 0.1) is 12.3 Å². The molecule has 8 nitrogen and oxygen atoms in total. The molecule has 41 heavy (non-hydrogen) atoms. The number of fused-ring (bicyclic) bond motifs is 3. The van der Waals surface area contributed by atoms with E-state index in [1.807, 2.05) is 39.4 Å². The standard InChI is InChI=1S/C33H39N5O3/c1-7-24-19-38(18-23-17-34-15-14-29(23)41-24)27-12-10-21-8-9-22(16-26(21)27)30(33(3,4)32(39)40-6)25-11-13-28-31(20(25)2)35-36-37(28)5/h8-9,11,13-17,24,27,30H,7,10,12,18-19H2,1-6H3/t24-,27+,30+/m1/s1. The lowest BCUT2D eigenvalue weighted by Crippen LogP contribution is -2.35. The third kappa shape index (κ3) is 4.68. The van der Waals surface area contributed by atoms with Gasteiger partial charge in [0.05, 0.1) is 18.0 Å². The molecule has 0 saturated carbocycles. The number of carbonyl (C=O) groups is 1. The van der Waals surface area contributed by atoms with Crippen LogP contribution < -0.4 is 4.74 Å². The fourth-order valence-corrected chi connectivity index (χ4v) is 6.94. The predicted octanol–water partition coefficient (Wildman–Crippen LogP) is 5.66. The Labute approximate surface area is 241 Å². The predicted molar refractivity (Wildman–Crippen MR) is 158 cm³/mol. The van der Waals surface area contributed by atoms with Gasteiger partial charge in [0, 0.05) is 50.1 Å². The maximum atomic E-state index is 13.3. The summed E-state index contributed by atoms with van der Waals surface area (Å²) >= 11 is 0. The molecule has 0 N–H and O–H groups in total. The van der Waals surface area contributed by atoms with Crippen LogP contribution in [0.3, 0.4) is 0 Å². The van der Waals surface area contributed by atoms with Crippen molar-refractivity contribution in [3.05, 3.63) is 82.2 Å². The molecule has 0 amide bonds. The van der Waals surface area contributed by atoms with Crippen molar-refractivity contribution in [3.63, 3.8) is 0 Å². The highest BCUT2D eigenvalue weighted by Gasteiger charge is 2.42. The van der Waals surface area contributed by atoms with Crippen LogP contribution in [0.15, 0.2) is 48.8 Å². The lowest BCUT2D eigenvalue weighted by molar-refractivity contribution is -0.151. The minimum absolute atomic E-state index is 0.123. The smallest absolute Gasteiger partial charge is 0.312 e. The Morgan fingerprint density at radius 3 is 2.80 bits per heavy atom. The summed E-state index contributed by atoms with van der Waals surface area (Å²) in [5, 5.41) is 8.69. The minimum Gasteiger partial charge on any atom is -0.489 e. The molecule has 2 aliphatic rings. The van der Waals surface area contributed by atoms with Crippen molar-refractivity contribution < 1.29 is 14.3 Å². The Kier molecular flexibility index (Phi) is 7.06. The highest BCUT2D eigenvalue weighted by atomic mass is 16.5. The summed E-state index contributed by atoms with van der Waals surface area (Å²) in [6.45, 7) is 9.89. The molecule has 2 aromatic heterocycles. The Morgan fingerprint density at radius 1 is 1.20 bits per heavy atom. The quantitative estimate of drug-likeness (QED) is 0.285. The molecule has 214 valence electrons. The number of rotatable bonds is 6. The zero-order valence-corrected chi connectivity index (χ0v) is 24.8. The first-order chi connectivity index (χ1) is 19.7. The van der Waals surface area contributed by atoms with E-state index in [0.717, 1.165) is 71.4 Å². The second-order valence-electron chi connectivity index (χ2n) is 12.1. The molecule has 6 rings (SSSR count). The number of aryl methyl sites for hydroxylation is 3. The Balaban J connectivity index is 1.44. The van der Waals surface area contributed by atoms with Crippen LogP contribution in [-0.2, 0) is 29.5 Å². The number of hydrogen-bond donors (Lipinski definition) is 0. The van der Waals surface area contributed by atoms with Gasteiger partial charge >= 0.3 is 5.97 Å². The van der Waals surface area contributed by atoms with Gasteiger partial charge in [-0.2, -0.15) is 0 Å². The van der Waals surface area contributed by atoms with Gasteiger partial charge in [0.1, 0.15) is 17.4 Å². The summed E-state index contributed by atoms with van der Waals surface area (Å²) in [7, 11) is 3.37. The summed E-state index contributed by atoms with van der Waals surface area (Å²) in [5.41, 5.74) is 8.07. The number of aromatic nitrogens is 4. The van der Waals surface area contributed by atoms with Crippen LogP contribution in [0.5, 0.6) is 5.75 Å². The average molecular weight is 554 g/mol. The van der Waals surface area contributed by atoms with Gasteiger partial charge in [-0.3, -0.25) is 14.7 Å². The summed E-state index contributed by atoms with van der Waals surface area (Å²) < 4.78 is 13.5. The summed E-state index contributed by atoms with van der Waals surface area (Å²) in [5.74, 6) is 0.475. The zero-order valence-electron chi connectivity index (χ0n) is 24.8. The number of benzene rings is 2. The number of hydrogen-bond acceptors (Lipinski definition) is 7. The number of nitrogens with zero attached hydrogens (tertiary/aromatic N) is 5. The van der Waals surface area contributed by atoms with Gasteiger partial charge in [0.25, 0.3) is 0 Å². The molecule has 0 spiro atoms. The van der Waals surface area contributed by atoms with Gasteiger partial charge in [0.2, 0.25) is 0 Å². The van der Waals surface area contributed by atoms with Crippen molar-refractivity contribution in [2.75, 3.05) is 13.7 Å². The first-order valence-electron chi connectivity index (χ1n) is 14.6. The second-order valence-corrected chi connectivity index (χ2v) is 12.1. The van der Waals surface area contributed by atoms with Crippen molar-refractivity contribution in [3.8, 4) is 5.75 Å². The van der Waals surface area contributed by atoms with E-state index in [9.17, 15) is 4.79 Å². The van der Waals surface area contributed by atoms with Crippen LogP contribution in [0.25, 0.3) is 11.0 Å². The third-order valence-electron chi connectivity index (χ3n) is 9.23. The van der Waals surface area contributed by atoms with Gasteiger partial charge in [-0.05, 0) is 80.0 Å². The number of esters is 1. The average Bonchev–Trinajstić information content (AvgIpc) is 3.51. The fraction of sp³-hybridized carbons (Fsp3) is 0.455. The number of pyridine rings is 1. The summed E-state index contributed by atoms with van der Waals surface area (Å²) in [6, 6.07) is 13.3. The van der Waals surface area contributed by atoms with Gasteiger partial charge in [0.15, 0.2) is 0 Å². The first-order valence-corrected chi connectivity index (χ1v) is 14.6. The molecule has 0 radical (unpaired) electrons. The SMILES string of the molecule is CC[C@@H]1CN([C@H]2CCc3ccc([C@@H](c4ccc5c(nnn5C)c4C)C(C)(C)C(=O)OC)cc32)Cc2cnccc2O1. The van der Waals surface area contributed by atoms with Crippen molar-refractivity contribution in [2.45, 2.75) is 71.6 Å². The molecular formula is C33H39N5O3. The maximum absolute atomic E-state index is 13.3. The topological polar surface area (TPSA) is 82.4 Å². The molecule has 3 heterocycles. The second kappa shape index (κ2) is 10.6. The fourth-order valence-electron chi connectivity index (χ4n) is 6.94. The van der Waals surface area contributed by atoms with Gasteiger partial charge in [-0.25, -0.2) is 4.68 Å². The van der Waals surface area contributed by atoms with Crippen LogP contribution in [-0.4, -0.2) is 50.6 Å². The van der Waals surface area contributed by atoms with E-state index in [1.54, 1.807) is 4.68 Å². The maximum Gasteiger partial charge on any atom is 0.312 e. The highest BCUT2D eigenvalue weighted by Crippen LogP contribution is 2.47. The third-order valence-corrected chi connectivity index (χ3v) is 9.23. The van der Waals surface area contributed by atoms with Crippen LogP contribution in [0.4, 0.5) is 0 Å². The summed E-state index contributed by atoms with van der Waals surface area (Å²) in [4.78, 5) is 20.2.